The van der Waals surface area contributed by atoms with Gasteiger partial charge < -0.3 is 10.2 Å². The largest absolute Gasteiger partial charge is 0.508 e. The molecule has 1 atom stereocenters. The van der Waals surface area contributed by atoms with Crippen LogP contribution in [0.5, 0.6) is 5.75 Å². The van der Waals surface area contributed by atoms with Crippen LogP contribution in [-0.4, -0.2) is 26.9 Å². The average Bonchev–Trinajstić information content (AvgIpc) is 3.42. The Hall–Kier alpha value is -4.23. The number of aromatic hydroxyl groups is 1. The van der Waals surface area contributed by atoms with Crippen LogP contribution in [0.3, 0.4) is 0 Å². The van der Waals surface area contributed by atoms with Gasteiger partial charge in [0.25, 0.3) is 5.91 Å². The molecule has 36 heavy (non-hydrogen) atoms. The Bertz CT molecular complexity index is 1470. The molecule has 1 aliphatic rings. The highest BCUT2D eigenvalue weighted by molar-refractivity contribution is 7.17. The molecule has 1 aliphatic heterocycles. The normalized spacial score (nSPS) is 15.6. The summed E-state index contributed by atoms with van der Waals surface area (Å²) in [6.45, 7) is 3.79. The molecule has 0 spiro atoms. The molecule has 1 aromatic heterocycles. The van der Waals surface area contributed by atoms with Crippen molar-refractivity contribution in [2.24, 2.45) is 0 Å². The van der Waals surface area contributed by atoms with Gasteiger partial charge in [0.05, 0.1) is 22.2 Å². The zero-order valence-corrected chi connectivity index (χ0v) is 20.6. The Morgan fingerprint density at radius 2 is 1.64 bits per heavy atom. The number of aryl methyl sites for hydroxylation is 2. The second kappa shape index (κ2) is 9.43. The zero-order chi connectivity index (χ0) is 25.4. The predicted molar refractivity (Wildman–Crippen MR) is 140 cm³/mol. The van der Waals surface area contributed by atoms with Gasteiger partial charge in [0.2, 0.25) is 5.78 Å². The molecule has 0 saturated heterocycles. The number of benzene rings is 3. The summed E-state index contributed by atoms with van der Waals surface area (Å²) in [5, 5.41) is 21.5. The smallest absolute Gasteiger partial charge is 0.294 e. The van der Waals surface area contributed by atoms with Gasteiger partial charge in [-0.05, 0) is 48.7 Å². The van der Waals surface area contributed by atoms with Crippen molar-refractivity contribution in [2.45, 2.75) is 26.3 Å². The molecule has 1 unspecified atom stereocenters. The van der Waals surface area contributed by atoms with Crippen LogP contribution in [0.4, 0.5) is 5.69 Å². The lowest BCUT2D eigenvalue weighted by Gasteiger charge is -2.27. The molecule has 2 N–H and O–H groups in total. The summed E-state index contributed by atoms with van der Waals surface area (Å²) < 4.78 is 0. The topological polar surface area (TPSA) is 90.7 Å². The van der Waals surface area contributed by atoms with Crippen molar-refractivity contribution in [3.05, 3.63) is 112 Å². The molecule has 3 aromatic carbocycles. The van der Waals surface area contributed by atoms with Crippen LogP contribution in [0.1, 0.15) is 39.5 Å². The van der Waals surface area contributed by atoms with E-state index in [2.05, 4.69) is 4.98 Å². The number of Topliss-reactive ketones (excluding diaryl/α,β-unsaturated/α-hetero) is 1. The molecule has 7 heteroatoms. The molecule has 6 nitrogen and oxygen atoms in total. The molecule has 0 fully saturated rings. The third-order valence-electron chi connectivity index (χ3n) is 6.31. The molecule has 0 bridgehead atoms. The Labute approximate surface area is 212 Å². The highest BCUT2D eigenvalue weighted by Gasteiger charge is 2.45. The summed E-state index contributed by atoms with van der Waals surface area (Å²) in [5.74, 6) is -1.60. The minimum absolute atomic E-state index is 0.00313. The third-order valence-corrected chi connectivity index (χ3v) is 7.51. The minimum Gasteiger partial charge on any atom is -0.508 e. The summed E-state index contributed by atoms with van der Waals surface area (Å²) in [6.07, 6.45) is 0.844. The fraction of sp³-hybridized carbons (Fsp3) is 0.138. The number of phenols is 1. The first-order valence-electron chi connectivity index (χ1n) is 11.6. The number of phenolic OH excluding ortho intramolecular Hbond substituents is 1. The number of aliphatic hydroxyl groups excluding tert-OH is 1. The highest BCUT2D eigenvalue weighted by atomic mass is 32.1. The van der Waals surface area contributed by atoms with Gasteiger partial charge in [-0.1, -0.05) is 61.5 Å². The van der Waals surface area contributed by atoms with Gasteiger partial charge in [0.15, 0.2) is 5.76 Å². The number of ketones is 1. The van der Waals surface area contributed by atoms with E-state index in [1.165, 1.54) is 28.4 Å². The lowest BCUT2D eigenvalue weighted by atomic mass is 9.94. The summed E-state index contributed by atoms with van der Waals surface area (Å²) in [5.41, 5.74) is 3.68. The van der Waals surface area contributed by atoms with Gasteiger partial charge in [-0.2, -0.15) is 0 Å². The predicted octanol–water partition coefficient (Wildman–Crippen LogP) is 6.17. The summed E-state index contributed by atoms with van der Waals surface area (Å²) >= 11 is 1.24. The van der Waals surface area contributed by atoms with E-state index >= 15 is 0 Å². The number of anilines is 1. The van der Waals surface area contributed by atoms with Crippen LogP contribution in [0.15, 0.2) is 90.2 Å². The van der Waals surface area contributed by atoms with Crippen LogP contribution in [-0.2, 0) is 11.2 Å². The summed E-state index contributed by atoms with van der Waals surface area (Å²) in [7, 11) is 0. The van der Waals surface area contributed by atoms with Crippen LogP contribution < -0.4 is 4.90 Å². The first-order valence-corrected chi connectivity index (χ1v) is 12.4. The van der Waals surface area contributed by atoms with Crippen molar-refractivity contribution in [2.75, 3.05) is 4.90 Å². The number of hydrogen-bond acceptors (Lipinski definition) is 6. The van der Waals surface area contributed by atoms with E-state index in [-0.39, 0.29) is 11.3 Å². The maximum atomic E-state index is 13.9. The summed E-state index contributed by atoms with van der Waals surface area (Å²) in [4.78, 5) is 33.7. The fourth-order valence-corrected chi connectivity index (χ4v) is 5.43. The van der Waals surface area contributed by atoms with Gasteiger partial charge in [-0.3, -0.25) is 14.5 Å². The quantitative estimate of drug-likeness (QED) is 0.312. The number of aromatic nitrogens is 1. The lowest BCUT2D eigenvalue weighted by molar-refractivity contribution is -0.117. The van der Waals surface area contributed by atoms with Crippen LogP contribution in [0, 0.1) is 6.92 Å². The van der Waals surface area contributed by atoms with Crippen molar-refractivity contribution >= 4 is 28.7 Å². The van der Waals surface area contributed by atoms with E-state index in [4.69, 9.17) is 0 Å². The molecule has 5 rings (SSSR count). The van der Waals surface area contributed by atoms with Gasteiger partial charge in [-0.25, -0.2) is 4.98 Å². The minimum atomic E-state index is -0.861. The van der Waals surface area contributed by atoms with Gasteiger partial charge in [0, 0.05) is 11.3 Å². The fourth-order valence-electron chi connectivity index (χ4n) is 4.40. The second-order valence-corrected chi connectivity index (χ2v) is 9.58. The standard InChI is InChI=1S/C29H24N2O4S/c1-3-18-9-13-21(14-10-18)31-24(19-11-15-22(32)16-12-19)23(26(34)29(31)35)25(33)27-17(2)30-28(36-27)20-7-5-4-6-8-20/h4-16,24,32,34H,3H2,1-2H3. The number of thiazole rings is 1. The number of aliphatic hydroxyl groups is 1. The number of carbonyl (C=O) groups excluding carboxylic acids is 2. The summed E-state index contributed by atoms with van der Waals surface area (Å²) in [6, 6.07) is 22.5. The SMILES string of the molecule is CCc1ccc(N2C(=O)C(O)=C(C(=O)c3sc(-c4ccccc4)nc3C)C2c2ccc(O)cc2)cc1. The van der Waals surface area contributed by atoms with Gasteiger partial charge in [-0.15, -0.1) is 11.3 Å². The molecule has 1 amide bonds. The first-order chi connectivity index (χ1) is 17.4. The molecule has 180 valence electrons. The monoisotopic (exact) mass is 496 g/mol. The van der Waals surface area contributed by atoms with Crippen LogP contribution >= 0.6 is 11.3 Å². The number of carbonyl (C=O) groups is 2. The zero-order valence-electron chi connectivity index (χ0n) is 19.8. The van der Waals surface area contributed by atoms with Crippen molar-refractivity contribution in [1.29, 1.82) is 0 Å². The average molecular weight is 497 g/mol. The molecular weight excluding hydrogens is 472 g/mol. The van der Waals surface area contributed by atoms with E-state index in [0.29, 0.717) is 26.8 Å². The molecule has 2 heterocycles. The van der Waals surface area contributed by atoms with Gasteiger partial charge >= 0.3 is 0 Å². The molecule has 4 aromatic rings. The van der Waals surface area contributed by atoms with E-state index in [1.807, 2.05) is 61.5 Å². The van der Waals surface area contributed by atoms with E-state index in [0.717, 1.165) is 17.5 Å². The van der Waals surface area contributed by atoms with Crippen molar-refractivity contribution < 1.29 is 19.8 Å². The number of amides is 1. The van der Waals surface area contributed by atoms with Crippen LogP contribution in [0.25, 0.3) is 10.6 Å². The van der Waals surface area contributed by atoms with E-state index in [9.17, 15) is 19.8 Å². The number of rotatable bonds is 6. The molecule has 0 aliphatic carbocycles. The first kappa shape index (κ1) is 23.5. The molecule has 0 radical (unpaired) electrons. The second-order valence-electron chi connectivity index (χ2n) is 8.58. The molecule has 0 saturated carbocycles. The van der Waals surface area contributed by atoms with Crippen molar-refractivity contribution in [3.8, 4) is 16.3 Å². The Kier molecular flexibility index (Phi) is 6.16. The van der Waals surface area contributed by atoms with E-state index < -0.39 is 23.5 Å². The number of hydrogen-bond donors (Lipinski definition) is 2. The highest BCUT2D eigenvalue weighted by Crippen LogP contribution is 2.43. The van der Waals surface area contributed by atoms with Gasteiger partial charge in [0.1, 0.15) is 10.8 Å². The Morgan fingerprint density at radius 1 is 0.972 bits per heavy atom. The third kappa shape index (κ3) is 4.07. The maximum Gasteiger partial charge on any atom is 0.294 e. The Balaban J connectivity index is 1.62. The molecular formula is C29H24N2O4S. The number of nitrogens with zero attached hydrogens (tertiary/aromatic N) is 2. The maximum absolute atomic E-state index is 13.9. The van der Waals surface area contributed by atoms with Crippen molar-refractivity contribution in [1.82, 2.24) is 4.98 Å². The van der Waals surface area contributed by atoms with Crippen LogP contribution in [0.2, 0.25) is 0 Å². The lowest BCUT2D eigenvalue weighted by Crippen LogP contribution is -2.31. The van der Waals surface area contributed by atoms with E-state index in [1.54, 1.807) is 19.1 Å². The van der Waals surface area contributed by atoms with Crippen molar-refractivity contribution in [3.63, 3.8) is 0 Å². The Morgan fingerprint density at radius 3 is 2.28 bits per heavy atom.